The van der Waals surface area contributed by atoms with Crippen LogP contribution >= 0.6 is 23.5 Å². The van der Waals surface area contributed by atoms with Gasteiger partial charge in [-0.1, -0.05) is 59.9 Å². The van der Waals surface area contributed by atoms with Gasteiger partial charge < -0.3 is 4.90 Å². The Morgan fingerprint density at radius 2 is 1.92 bits per heavy atom. The maximum absolute atomic E-state index is 12.8. The van der Waals surface area contributed by atoms with Crippen LogP contribution in [0, 0.1) is 0 Å². The normalized spacial score (nSPS) is 14.5. The highest BCUT2D eigenvalue weighted by atomic mass is 32.2. The highest BCUT2D eigenvalue weighted by Crippen LogP contribution is 2.36. The van der Waals surface area contributed by atoms with Crippen molar-refractivity contribution < 1.29 is 4.79 Å². The van der Waals surface area contributed by atoms with E-state index in [9.17, 15) is 4.79 Å². The van der Waals surface area contributed by atoms with Crippen LogP contribution in [0.1, 0.15) is 19.4 Å². The standard InChI is InChI=1S/C19H20N2OS2/c1-3-21(16-10-5-4-6-11-16)18(22)14(2)24-19-20-17-12-8-7-9-15(17)13-23-19/h4-12,14H,3,13H2,1-2H3. The third-order valence-electron chi connectivity index (χ3n) is 3.83. The van der Waals surface area contributed by atoms with E-state index >= 15 is 0 Å². The van der Waals surface area contributed by atoms with Crippen molar-refractivity contribution in [1.29, 1.82) is 0 Å². The van der Waals surface area contributed by atoms with Gasteiger partial charge in [0.05, 0.1) is 10.9 Å². The summed E-state index contributed by atoms with van der Waals surface area (Å²) in [5.41, 5.74) is 3.22. The summed E-state index contributed by atoms with van der Waals surface area (Å²) < 4.78 is 0.971. The van der Waals surface area contributed by atoms with Gasteiger partial charge in [0.2, 0.25) is 5.91 Å². The van der Waals surface area contributed by atoms with Gasteiger partial charge in [0.15, 0.2) is 0 Å². The van der Waals surface area contributed by atoms with E-state index in [0.29, 0.717) is 6.54 Å². The van der Waals surface area contributed by atoms with Crippen molar-refractivity contribution in [2.45, 2.75) is 24.9 Å². The molecule has 1 aliphatic heterocycles. The Bertz CT molecular complexity index is 746. The Kier molecular flexibility index (Phi) is 5.63. The van der Waals surface area contributed by atoms with E-state index in [-0.39, 0.29) is 11.2 Å². The van der Waals surface area contributed by atoms with Crippen LogP contribution in [-0.4, -0.2) is 22.1 Å². The maximum Gasteiger partial charge on any atom is 0.240 e. The molecule has 3 rings (SSSR count). The molecule has 1 heterocycles. The largest absolute Gasteiger partial charge is 0.312 e. The minimum Gasteiger partial charge on any atom is -0.312 e. The van der Waals surface area contributed by atoms with E-state index < -0.39 is 0 Å². The Hall–Kier alpha value is -1.72. The Morgan fingerprint density at radius 3 is 2.67 bits per heavy atom. The monoisotopic (exact) mass is 356 g/mol. The molecule has 0 aromatic heterocycles. The Morgan fingerprint density at radius 1 is 1.21 bits per heavy atom. The summed E-state index contributed by atoms with van der Waals surface area (Å²) >= 11 is 3.26. The summed E-state index contributed by atoms with van der Waals surface area (Å²) in [6.45, 7) is 4.63. The molecule has 1 amide bonds. The van der Waals surface area contributed by atoms with Gasteiger partial charge in [-0.2, -0.15) is 0 Å². The second-order valence-corrected chi connectivity index (χ2v) is 8.03. The van der Waals surface area contributed by atoms with Gasteiger partial charge in [-0.05, 0) is 37.6 Å². The average molecular weight is 357 g/mol. The molecular formula is C19H20N2OS2. The predicted molar refractivity (Wildman–Crippen MR) is 106 cm³/mol. The van der Waals surface area contributed by atoms with Crippen molar-refractivity contribution in [3.8, 4) is 0 Å². The van der Waals surface area contributed by atoms with E-state index in [4.69, 9.17) is 4.99 Å². The number of carbonyl (C=O) groups excluding carboxylic acids is 1. The van der Waals surface area contributed by atoms with Gasteiger partial charge >= 0.3 is 0 Å². The molecule has 0 spiro atoms. The van der Waals surface area contributed by atoms with Crippen molar-refractivity contribution in [1.82, 2.24) is 0 Å². The average Bonchev–Trinajstić information content (AvgIpc) is 2.63. The molecule has 5 heteroatoms. The third kappa shape index (κ3) is 3.84. The molecule has 1 unspecified atom stereocenters. The predicted octanol–water partition coefficient (Wildman–Crippen LogP) is 5.10. The van der Waals surface area contributed by atoms with E-state index in [1.54, 1.807) is 23.5 Å². The van der Waals surface area contributed by atoms with Crippen molar-refractivity contribution in [3.05, 3.63) is 60.2 Å². The summed E-state index contributed by atoms with van der Waals surface area (Å²) in [6, 6.07) is 18.0. The molecule has 124 valence electrons. The number of rotatable bonds is 4. The first-order valence-electron chi connectivity index (χ1n) is 8.01. The fourth-order valence-corrected chi connectivity index (χ4v) is 4.82. The van der Waals surface area contributed by atoms with Crippen LogP contribution in [0.15, 0.2) is 59.6 Å². The van der Waals surface area contributed by atoms with Crippen molar-refractivity contribution in [3.63, 3.8) is 0 Å². The minimum absolute atomic E-state index is 0.121. The number of amides is 1. The SMILES string of the molecule is CCN(C(=O)C(C)SC1=Nc2ccccc2CS1)c1ccccc1. The molecule has 0 saturated heterocycles. The summed E-state index contributed by atoms with van der Waals surface area (Å²) in [7, 11) is 0. The molecule has 0 saturated carbocycles. The van der Waals surface area contributed by atoms with Crippen LogP contribution in [0.3, 0.4) is 0 Å². The second-order valence-electron chi connectivity index (χ2n) is 5.47. The lowest BCUT2D eigenvalue weighted by molar-refractivity contribution is -0.117. The molecular weight excluding hydrogens is 336 g/mol. The van der Waals surface area contributed by atoms with Crippen molar-refractivity contribution >= 4 is 45.2 Å². The maximum atomic E-state index is 12.8. The zero-order valence-electron chi connectivity index (χ0n) is 13.8. The summed E-state index contributed by atoms with van der Waals surface area (Å²) in [6.07, 6.45) is 0. The lowest BCUT2D eigenvalue weighted by atomic mass is 10.2. The molecule has 0 N–H and O–H groups in total. The van der Waals surface area contributed by atoms with Gasteiger partial charge in [-0.3, -0.25) is 4.79 Å². The molecule has 0 aliphatic carbocycles. The quantitative estimate of drug-likeness (QED) is 0.764. The molecule has 0 fully saturated rings. The fourth-order valence-electron chi connectivity index (χ4n) is 2.57. The molecule has 2 aromatic rings. The number of hydrogen-bond acceptors (Lipinski definition) is 4. The lowest BCUT2D eigenvalue weighted by Gasteiger charge is -2.25. The van der Waals surface area contributed by atoms with Crippen LogP contribution in [0.2, 0.25) is 0 Å². The van der Waals surface area contributed by atoms with Crippen LogP contribution in [0.5, 0.6) is 0 Å². The van der Waals surface area contributed by atoms with E-state index in [1.807, 2.05) is 67.3 Å². The number of aliphatic imine (C=N–C) groups is 1. The first kappa shape index (κ1) is 17.1. The number of anilines is 1. The zero-order chi connectivity index (χ0) is 16.9. The van der Waals surface area contributed by atoms with Gasteiger partial charge in [-0.15, -0.1) is 0 Å². The van der Waals surface area contributed by atoms with Crippen molar-refractivity contribution in [2.75, 3.05) is 11.4 Å². The number of thioether (sulfide) groups is 2. The Labute approximate surface area is 151 Å². The minimum atomic E-state index is -0.165. The number of para-hydroxylation sites is 2. The van der Waals surface area contributed by atoms with Crippen molar-refractivity contribution in [2.24, 2.45) is 4.99 Å². The highest BCUT2D eigenvalue weighted by molar-refractivity contribution is 8.39. The molecule has 24 heavy (non-hydrogen) atoms. The number of benzene rings is 2. The first-order valence-corrected chi connectivity index (χ1v) is 9.88. The zero-order valence-corrected chi connectivity index (χ0v) is 15.4. The van der Waals surface area contributed by atoms with Crippen LogP contribution in [-0.2, 0) is 10.5 Å². The van der Waals surface area contributed by atoms with E-state index in [1.165, 1.54) is 5.56 Å². The number of carbonyl (C=O) groups is 1. The van der Waals surface area contributed by atoms with Gasteiger partial charge in [0.25, 0.3) is 0 Å². The molecule has 1 atom stereocenters. The number of nitrogens with zero attached hydrogens (tertiary/aromatic N) is 2. The topological polar surface area (TPSA) is 32.7 Å². The third-order valence-corrected chi connectivity index (χ3v) is 6.11. The van der Waals surface area contributed by atoms with Gasteiger partial charge in [0, 0.05) is 18.0 Å². The van der Waals surface area contributed by atoms with Gasteiger partial charge in [0.1, 0.15) is 4.38 Å². The second kappa shape index (κ2) is 7.90. The highest BCUT2D eigenvalue weighted by Gasteiger charge is 2.24. The Balaban J connectivity index is 1.72. The molecule has 3 nitrogen and oxygen atoms in total. The van der Waals surface area contributed by atoms with E-state index in [0.717, 1.165) is 21.5 Å². The first-order chi connectivity index (χ1) is 11.7. The summed E-state index contributed by atoms with van der Waals surface area (Å²) in [4.78, 5) is 19.4. The van der Waals surface area contributed by atoms with Crippen LogP contribution in [0.4, 0.5) is 11.4 Å². The number of fused-ring (bicyclic) bond motifs is 1. The summed E-state index contributed by atoms with van der Waals surface area (Å²) in [5.74, 6) is 1.04. The van der Waals surface area contributed by atoms with Gasteiger partial charge in [-0.25, -0.2) is 4.99 Å². The van der Waals surface area contributed by atoms with Crippen LogP contribution in [0.25, 0.3) is 0 Å². The lowest BCUT2D eigenvalue weighted by Crippen LogP contribution is -2.36. The fraction of sp³-hybridized carbons (Fsp3) is 0.263. The summed E-state index contributed by atoms with van der Waals surface area (Å²) in [5, 5.41) is -0.165. The molecule has 2 aromatic carbocycles. The number of hydrogen-bond donors (Lipinski definition) is 0. The van der Waals surface area contributed by atoms with Crippen LogP contribution < -0.4 is 4.90 Å². The van der Waals surface area contributed by atoms with E-state index in [2.05, 4.69) is 6.07 Å². The molecule has 1 aliphatic rings. The molecule has 0 bridgehead atoms. The molecule has 0 radical (unpaired) electrons. The smallest absolute Gasteiger partial charge is 0.240 e.